The van der Waals surface area contributed by atoms with Crippen LogP contribution in [0.2, 0.25) is 0 Å². The molecular formula is C12H27NS. The van der Waals surface area contributed by atoms with Gasteiger partial charge in [-0.2, -0.15) is 11.8 Å². The summed E-state index contributed by atoms with van der Waals surface area (Å²) in [4.78, 5) is 0. The lowest BCUT2D eigenvalue weighted by molar-refractivity contribution is 0.378. The molecule has 0 aliphatic heterocycles. The maximum Gasteiger partial charge on any atom is 0.0183 e. The van der Waals surface area contributed by atoms with E-state index >= 15 is 0 Å². The summed E-state index contributed by atoms with van der Waals surface area (Å²) in [5.41, 5.74) is 0. The molecule has 0 saturated carbocycles. The first-order chi connectivity index (χ1) is 6.69. The van der Waals surface area contributed by atoms with Crippen LogP contribution in [0.4, 0.5) is 0 Å². The van der Waals surface area contributed by atoms with Gasteiger partial charge in [-0.15, -0.1) is 0 Å². The number of thioether (sulfide) groups is 1. The van der Waals surface area contributed by atoms with Crippen LogP contribution in [0.3, 0.4) is 0 Å². The number of hydrogen-bond donors (Lipinski definition) is 1. The molecule has 0 bridgehead atoms. The molecule has 1 N–H and O–H groups in total. The second-order valence-corrected chi connectivity index (χ2v) is 5.50. The molecule has 0 saturated heterocycles. The summed E-state index contributed by atoms with van der Waals surface area (Å²) in [6.07, 6.45) is 3.87. The zero-order chi connectivity index (χ0) is 11.0. The molecule has 2 unspecified atom stereocenters. The summed E-state index contributed by atoms with van der Waals surface area (Å²) in [7, 11) is 2.10. The van der Waals surface area contributed by atoms with E-state index in [0.29, 0.717) is 6.04 Å². The molecule has 0 fully saturated rings. The Hall–Kier alpha value is 0.310. The predicted molar refractivity (Wildman–Crippen MR) is 69.1 cm³/mol. The van der Waals surface area contributed by atoms with Crippen molar-refractivity contribution in [2.45, 2.75) is 58.2 Å². The Morgan fingerprint density at radius 1 is 1.07 bits per heavy atom. The largest absolute Gasteiger partial charge is 0.316 e. The van der Waals surface area contributed by atoms with Crippen LogP contribution >= 0.6 is 11.8 Å². The molecule has 14 heavy (non-hydrogen) atoms. The van der Waals surface area contributed by atoms with Gasteiger partial charge in [0.2, 0.25) is 0 Å². The molecule has 0 aromatic rings. The van der Waals surface area contributed by atoms with E-state index in [9.17, 15) is 0 Å². The average Bonchev–Trinajstić information content (AvgIpc) is 2.23. The first kappa shape index (κ1) is 14.3. The molecule has 0 heterocycles. The van der Waals surface area contributed by atoms with Crippen LogP contribution < -0.4 is 5.32 Å². The van der Waals surface area contributed by atoms with Gasteiger partial charge >= 0.3 is 0 Å². The van der Waals surface area contributed by atoms with Crippen LogP contribution in [0.5, 0.6) is 0 Å². The van der Waals surface area contributed by atoms with Gasteiger partial charge in [0.1, 0.15) is 0 Å². The Balaban J connectivity index is 3.88. The van der Waals surface area contributed by atoms with Crippen molar-refractivity contribution in [2.75, 3.05) is 12.8 Å². The SMILES string of the molecule is CCC(C)SCC(NC)C(CC)CC. The standard InChI is InChI=1S/C12H27NS/c1-6-10(4)14-9-12(13-5)11(7-2)8-3/h10-13H,6-9H2,1-5H3. The highest BCUT2D eigenvalue weighted by Gasteiger charge is 2.17. The highest BCUT2D eigenvalue weighted by atomic mass is 32.2. The van der Waals surface area contributed by atoms with Crippen molar-refractivity contribution in [3.05, 3.63) is 0 Å². The van der Waals surface area contributed by atoms with Crippen molar-refractivity contribution < 1.29 is 0 Å². The summed E-state index contributed by atoms with van der Waals surface area (Å²) in [6, 6.07) is 0.698. The molecule has 0 aliphatic rings. The molecule has 0 rings (SSSR count). The van der Waals surface area contributed by atoms with Crippen LogP contribution in [0, 0.1) is 5.92 Å². The number of nitrogens with one attached hydrogen (secondary N) is 1. The van der Waals surface area contributed by atoms with Gasteiger partial charge in [-0.25, -0.2) is 0 Å². The van der Waals surface area contributed by atoms with Crippen molar-refractivity contribution in [1.82, 2.24) is 5.32 Å². The lowest BCUT2D eigenvalue weighted by Crippen LogP contribution is -2.35. The molecule has 0 radical (unpaired) electrons. The highest BCUT2D eigenvalue weighted by Crippen LogP contribution is 2.21. The Labute approximate surface area is 94.4 Å². The molecule has 1 nitrogen and oxygen atoms in total. The Morgan fingerprint density at radius 2 is 1.64 bits per heavy atom. The summed E-state index contributed by atoms with van der Waals surface area (Å²) in [6.45, 7) is 9.19. The monoisotopic (exact) mass is 217 g/mol. The zero-order valence-electron chi connectivity index (χ0n) is 10.5. The molecule has 2 atom stereocenters. The minimum Gasteiger partial charge on any atom is -0.316 e. The average molecular weight is 217 g/mol. The van der Waals surface area contributed by atoms with E-state index in [4.69, 9.17) is 0 Å². The fraction of sp³-hybridized carbons (Fsp3) is 1.00. The fourth-order valence-corrected chi connectivity index (χ4v) is 2.91. The van der Waals surface area contributed by atoms with Crippen molar-refractivity contribution >= 4 is 11.8 Å². The first-order valence-corrected chi connectivity index (χ1v) is 7.03. The maximum absolute atomic E-state index is 3.46. The molecule has 2 heteroatoms. The Bertz CT molecular complexity index is 123. The first-order valence-electron chi connectivity index (χ1n) is 5.98. The second kappa shape index (κ2) is 8.60. The van der Waals surface area contributed by atoms with E-state index in [2.05, 4.69) is 51.8 Å². The molecule has 0 amide bonds. The lowest BCUT2D eigenvalue weighted by atomic mass is 9.96. The highest BCUT2D eigenvalue weighted by molar-refractivity contribution is 7.99. The number of hydrogen-bond acceptors (Lipinski definition) is 2. The zero-order valence-corrected chi connectivity index (χ0v) is 11.3. The van der Waals surface area contributed by atoms with Crippen LogP contribution in [0.1, 0.15) is 47.0 Å². The van der Waals surface area contributed by atoms with Crippen LogP contribution in [-0.4, -0.2) is 24.1 Å². The molecule has 0 spiro atoms. The van der Waals surface area contributed by atoms with E-state index in [-0.39, 0.29) is 0 Å². The van der Waals surface area contributed by atoms with Gasteiger partial charge in [0.15, 0.2) is 0 Å². The third-order valence-corrected chi connectivity index (χ3v) is 4.58. The molecule has 0 aromatic heterocycles. The quantitative estimate of drug-likeness (QED) is 0.667. The van der Waals surface area contributed by atoms with E-state index in [1.807, 2.05) is 0 Å². The predicted octanol–water partition coefficient (Wildman–Crippen LogP) is 3.54. The van der Waals surface area contributed by atoms with E-state index < -0.39 is 0 Å². The Morgan fingerprint density at radius 3 is 2.00 bits per heavy atom. The lowest BCUT2D eigenvalue weighted by Gasteiger charge is -2.25. The maximum atomic E-state index is 3.46. The molecule has 86 valence electrons. The summed E-state index contributed by atoms with van der Waals surface area (Å²) in [5, 5.41) is 4.27. The van der Waals surface area contributed by atoms with Gasteiger partial charge < -0.3 is 5.32 Å². The normalized spacial score (nSPS) is 15.9. The smallest absolute Gasteiger partial charge is 0.0183 e. The fourth-order valence-electron chi connectivity index (χ4n) is 1.70. The van der Waals surface area contributed by atoms with Crippen LogP contribution in [-0.2, 0) is 0 Å². The topological polar surface area (TPSA) is 12.0 Å². The van der Waals surface area contributed by atoms with Gasteiger partial charge in [-0.3, -0.25) is 0 Å². The van der Waals surface area contributed by atoms with Crippen LogP contribution in [0.25, 0.3) is 0 Å². The van der Waals surface area contributed by atoms with E-state index in [1.165, 1.54) is 25.0 Å². The minimum absolute atomic E-state index is 0.698. The van der Waals surface area contributed by atoms with Crippen LogP contribution in [0.15, 0.2) is 0 Å². The van der Waals surface area contributed by atoms with Gasteiger partial charge in [0, 0.05) is 17.0 Å². The minimum atomic E-state index is 0.698. The Kier molecular flexibility index (Phi) is 8.80. The molecular weight excluding hydrogens is 190 g/mol. The van der Waals surface area contributed by atoms with Crippen molar-refractivity contribution in [3.8, 4) is 0 Å². The van der Waals surface area contributed by atoms with Crippen molar-refractivity contribution in [1.29, 1.82) is 0 Å². The second-order valence-electron chi connectivity index (χ2n) is 4.02. The molecule has 0 aromatic carbocycles. The van der Waals surface area contributed by atoms with Crippen molar-refractivity contribution in [2.24, 2.45) is 5.92 Å². The van der Waals surface area contributed by atoms with E-state index in [0.717, 1.165) is 11.2 Å². The van der Waals surface area contributed by atoms with Gasteiger partial charge in [0.05, 0.1) is 0 Å². The van der Waals surface area contributed by atoms with Gasteiger partial charge in [-0.1, -0.05) is 40.5 Å². The number of rotatable bonds is 8. The van der Waals surface area contributed by atoms with Gasteiger partial charge in [0.25, 0.3) is 0 Å². The summed E-state index contributed by atoms with van der Waals surface area (Å²) < 4.78 is 0. The molecule has 0 aliphatic carbocycles. The summed E-state index contributed by atoms with van der Waals surface area (Å²) in [5.74, 6) is 2.11. The third-order valence-electron chi connectivity index (χ3n) is 3.12. The third kappa shape index (κ3) is 5.26. The summed E-state index contributed by atoms with van der Waals surface area (Å²) >= 11 is 2.11. The van der Waals surface area contributed by atoms with Gasteiger partial charge in [-0.05, 0) is 19.4 Å². The van der Waals surface area contributed by atoms with Crippen molar-refractivity contribution in [3.63, 3.8) is 0 Å². The van der Waals surface area contributed by atoms with E-state index in [1.54, 1.807) is 0 Å².